The van der Waals surface area contributed by atoms with E-state index in [9.17, 15) is 4.79 Å². The fourth-order valence-corrected chi connectivity index (χ4v) is 1.72. The van der Waals surface area contributed by atoms with Gasteiger partial charge in [-0.3, -0.25) is 14.6 Å². The van der Waals surface area contributed by atoms with Crippen molar-refractivity contribution < 1.29 is 19.7 Å². The molecule has 0 spiro atoms. The van der Waals surface area contributed by atoms with Crippen molar-refractivity contribution in [1.82, 2.24) is 4.98 Å². The van der Waals surface area contributed by atoms with E-state index in [0.29, 0.717) is 16.5 Å². The standard InChI is InChI=1S/C12H11NO4S/c1-8(11(14)15)9-2-4-10(5-3-9)16-17-12-13-6-7-18-12/h2-8H,1H3,(H,14,15). The number of hydrogen-bond donors (Lipinski definition) is 1. The van der Waals surface area contributed by atoms with Gasteiger partial charge in [-0.25, -0.2) is 4.98 Å². The average molecular weight is 265 g/mol. The number of rotatable bonds is 5. The number of carboxylic acid groups (broad SMARTS) is 1. The van der Waals surface area contributed by atoms with Crippen LogP contribution in [0.2, 0.25) is 0 Å². The van der Waals surface area contributed by atoms with Crippen LogP contribution in [0, 0.1) is 0 Å². The molecule has 0 amide bonds. The predicted octanol–water partition coefficient (Wildman–Crippen LogP) is 2.70. The van der Waals surface area contributed by atoms with Crippen molar-refractivity contribution in [2.75, 3.05) is 0 Å². The number of aliphatic carboxylic acids is 1. The van der Waals surface area contributed by atoms with E-state index in [4.69, 9.17) is 14.9 Å². The first kappa shape index (κ1) is 12.4. The van der Waals surface area contributed by atoms with Crippen molar-refractivity contribution in [2.45, 2.75) is 12.8 Å². The SMILES string of the molecule is CC(C(=O)O)c1ccc(OOc2nccs2)cc1. The zero-order chi connectivity index (χ0) is 13.0. The summed E-state index contributed by atoms with van der Waals surface area (Å²) in [7, 11) is 0. The summed E-state index contributed by atoms with van der Waals surface area (Å²) in [4.78, 5) is 24.7. The maximum Gasteiger partial charge on any atom is 0.326 e. The second-order valence-electron chi connectivity index (χ2n) is 3.59. The van der Waals surface area contributed by atoms with Crippen molar-refractivity contribution >= 4 is 17.3 Å². The molecule has 1 N–H and O–H groups in total. The van der Waals surface area contributed by atoms with Gasteiger partial charge in [0.15, 0.2) is 5.75 Å². The van der Waals surface area contributed by atoms with Crippen LogP contribution in [-0.4, -0.2) is 16.1 Å². The van der Waals surface area contributed by atoms with Crippen LogP contribution in [0.4, 0.5) is 0 Å². The Balaban J connectivity index is 1.97. The van der Waals surface area contributed by atoms with Crippen LogP contribution in [0.15, 0.2) is 35.8 Å². The normalized spacial score (nSPS) is 11.8. The van der Waals surface area contributed by atoms with Crippen molar-refractivity contribution in [2.24, 2.45) is 0 Å². The molecule has 18 heavy (non-hydrogen) atoms. The van der Waals surface area contributed by atoms with E-state index in [1.54, 1.807) is 42.8 Å². The van der Waals surface area contributed by atoms with Gasteiger partial charge in [0, 0.05) is 11.6 Å². The van der Waals surface area contributed by atoms with Gasteiger partial charge in [0.1, 0.15) is 0 Å². The molecule has 6 heteroatoms. The molecule has 2 aromatic rings. The maximum atomic E-state index is 10.8. The average Bonchev–Trinajstić information content (AvgIpc) is 2.89. The Morgan fingerprint density at radius 1 is 1.33 bits per heavy atom. The number of carboxylic acids is 1. The summed E-state index contributed by atoms with van der Waals surface area (Å²) >= 11 is 1.32. The first-order chi connectivity index (χ1) is 8.66. The van der Waals surface area contributed by atoms with E-state index < -0.39 is 11.9 Å². The van der Waals surface area contributed by atoms with Gasteiger partial charge in [-0.15, -0.1) is 0 Å². The van der Waals surface area contributed by atoms with Gasteiger partial charge >= 0.3 is 11.2 Å². The van der Waals surface area contributed by atoms with Crippen LogP contribution in [-0.2, 0) is 4.79 Å². The van der Waals surface area contributed by atoms with Gasteiger partial charge in [-0.2, -0.15) is 0 Å². The monoisotopic (exact) mass is 265 g/mol. The topological polar surface area (TPSA) is 68.7 Å². The molecule has 1 aromatic heterocycles. The van der Waals surface area contributed by atoms with Crippen molar-refractivity contribution in [1.29, 1.82) is 0 Å². The molecule has 0 aliphatic rings. The third-order valence-corrected chi connectivity index (χ3v) is 3.00. The lowest BCUT2D eigenvalue weighted by molar-refractivity contribution is -0.138. The van der Waals surface area contributed by atoms with Gasteiger partial charge in [0.25, 0.3) is 0 Å². The molecule has 1 aromatic carbocycles. The van der Waals surface area contributed by atoms with Crippen molar-refractivity contribution in [3.05, 3.63) is 41.4 Å². The van der Waals surface area contributed by atoms with Crippen molar-refractivity contribution in [3.8, 4) is 10.9 Å². The predicted molar refractivity (Wildman–Crippen MR) is 65.9 cm³/mol. The maximum absolute atomic E-state index is 10.8. The summed E-state index contributed by atoms with van der Waals surface area (Å²) in [5, 5.41) is 11.1. The highest BCUT2D eigenvalue weighted by Gasteiger charge is 2.13. The molecule has 0 bridgehead atoms. The molecule has 0 saturated carbocycles. The first-order valence-corrected chi connectivity index (χ1v) is 6.11. The third-order valence-electron chi connectivity index (χ3n) is 2.37. The van der Waals surface area contributed by atoms with Crippen LogP contribution >= 0.6 is 11.3 Å². The van der Waals surface area contributed by atoms with Crippen LogP contribution < -0.4 is 9.78 Å². The highest BCUT2D eigenvalue weighted by atomic mass is 32.1. The summed E-state index contributed by atoms with van der Waals surface area (Å²) in [6, 6.07) is 6.70. The summed E-state index contributed by atoms with van der Waals surface area (Å²) in [6.45, 7) is 1.63. The zero-order valence-electron chi connectivity index (χ0n) is 9.57. The Bertz CT molecular complexity index is 509. The quantitative estimate of drug-likeness (QED) is 0.665. The second kappa shape index (κ2) is 5.50. The molecule has 0 saturated heterocycles. The molecule has 0 aliphatic carbocycles. The lowest BCUT2D eigenvalue weighted by Crippen LogP contribution is -2.07. The van der Waals surface area contributed by atoms with Gasteiger partial charge in [0.2, 0.25) is 0 Å². The minimum atomic E-state index is -0.859. The van der Waals surface area contributed by atoms with E-state index in [1.165, 1.54) is 11.3 Å². The van der Waals surface area contributed by atoms with Crippen LogP contribution in [0.1, 0.15) is 18.4 Å². The van der Waals surface area contributed by atoms with Gasteiger partial charge in [-0.05, 0) is 24.6 Å². The minimum absolute atomic E-state index is 0.415. The summed E-state index contributed by atoms with van der Waals surface area (Å²) < 4.78 is 0. The third kappa shape index (κ3) is 2.98. The van der Waals surface area contributed by atoms with E-state index in [2.05, 4.69) is 4.98 Å². The van der Waals surface area contributed by atoms with Gasteiger partial charge in [-0.1, -0.05) is 23.5 Å². The molecule has 1 atom stereocenters. The van der Waals surface area contributed by atoms with Crippen LogP contribution in [0.25, 0.3) is 0 Å². The molecule has 94 valence electrons. The number of benzene rings is 1. The Labute approximate surface area is 108 Å². The van der Waals surface area contributed by atoms with E-state index in [1.807, 2.05) is 0 Å². The highest BCUT2D eigenvalue weighted by molar-refractivity contribution is 7.11. The first-order valence-electron chi connectivity index (χ1n) is 5.23. The minimum Gasteiger partial charge on any atom is -0.481 e. The molecule has 5 nitrogen and oxygen atoms in total. The Kier molecular flexibility index (Phi) is 3.78. The smallest absolute Gasteiger partial charge is 0.326 e. The van der Waals surface area contributed by atoms with Crippen LogP contribution in [0.3, 0.4) is 0 Å². The lowest BCUT2D eigenvalue weighted by Gasteiger charge is -2.07. The summed E-state index contributed by atoms with van der Waals surface area (Å²) in [6.07, 6.45) is 1.61. The molecular weight excluding hydrogens is 254 g/mol. The lowest BCUT2D eigenvalue weighted by atomic mass is 10.0. The summed E-state index contributed by atoms with van der Waals surface area (Å²) in [5.74, 6) is -0.909. The fourth-order valence-electron chi connectivity index (χ4n) is 1.29. The molecule has 1 unspecified atom stereocenters. The second-order valence-corrected chi connectivity index (χ2v) is 4.45. The largest absolute Gasteiger partial charge is 0.481 e. The number of nitrogens with zero attached hydrogens (tertiary/aromatic N) is 1. The Morgan fingerprint density at radius 2 is 2.06 bits per heavy atom. The summed E-state index contributed by atoms with van der Waals surface area (Å²) in [5.41, 5.74) is 0.712. The molecule has 0 radical (unpaired) electrons. The van der Waals surface area contributed by atoms with E-state index >= 15 is 0 Å². The number of hydrogen-bond acceptors (Lipinski definition) is 5. The van der Waals surface area contributed by atoms with E-state index in [-0.39, 0.29) is 0 Å². The fraction of sp³-hybridized carbons (Fsp3) is 0.167. The molecular formula is C12H11NO4S. The van der Waals surface area contributed by atoms with Crippen LogP contribution in [0.5, 0.6) is 10.9 Å². The van der Waals surface area contributed by atoms with Crippen molar-refractivity contribution in [3.63, 3.8) is 0 Å². The number of thiazole rings is 1. The van der Waals surface area contributed by atoms with E-state index in [0.717, 1.165) is 0 Å². The Morgan fingerprint density at radius 3 is 2.61 bits per heavy atom. The molecule has 0 fully saturated rings. The number of aromatic nitrogens is 1. The molecule has 2 rings (SSSR count). The molecule has 1 heterocycles. The number of carbonyl (C=O) groups is 1. The zero-order valence-corrected chi connectivity index (χ0v) is 10.4. The highest BCUT2D eigenvalue weighted by Crippen LogP contribution is 2.21. The Hall–Kier alpha value is -2.08. The molecule has 0 aliphatic heterocycles. The van der Waals surface area contributed by atoms with Gasteiger partial charge < -0.3 is 5.11 Å². The van der Waals surface area contributed by atoms with Gasteiger partial charge in [0.05, 0.1) is 5.92 Å².